The van der Waals surface area contributed by atoms with E-state index in [1.54, 1.807) is 24.3 Å². The van der Waals surface area contributed by atoms with Gasteiger partial charge >= 0.3 is 6.36 Å². The Morgan fingerprint density at radius 3 is 2.20 bits per heavy atom. The van der Waals surface area contributed by atoms with Crippen molar-refractivity contribution in [3.63, 3.8) is 0 Å². The van der Waals surface area contributed by atoms with Crippen LogP contribution in [0.5, 0.6) is 5.75 Å². The quantitative estimate of drug-likeness (QED) is 0.918. The lowest BCUT2D eigenvalue weighted by atomic mass is 10.00. The van der Waals surface area contributed by atoms with E-state index in [4.69, 9.17) is 17.3 Å². The molecule has 20 heavy (non-hydrogen) atoms. The third-order valence-corrected chi connectivity index (χ3v) is 2.92. The number of rotatable bonds is 3. The largest absolute Gasteiger partial charge is 0.573 e. The molecule has 2 rings (SSSR count). The van der Waals surface area contributed by atoms with Crippen LogP contribution in [-0.2, 0) is 0 Å². The molecule has 6 heteroatoms. The Balaban J connectivity index is 2.17. The van der Waals surface area contributed by atoms with Crippen molar-refractivity contribution in [2.45, 2.75) is 12.4 Å². The van der Waals surface area contributed by atoms with Gasteiger partial charge < -0.3 is 10.5 Å². The molecular weight excluding hydrogens is 291 g/mol. The topological polar surface area (TPSA) is 35.2 Å². The Labute approximate surface area is 118 Å². The highest BCUT2D eigenvalue weighted by molar-refractivity contribution is 6.30. The Bertz CT molecular complexity index is 584. The van der Waals surface area contributed by atoms with Gasteiger partial charge in [-0.05, 0) is 35.4 Å². The maximum Gasteiger partial charge on any atom is 0.573 e. The zero-order valence-corrected chi connectivity index (χ0v) is 10.9. The molecule has 106 valence electrons. The molecule has 0 radical (unpaired) electrons. The van der Waals surface area contributed by atoms with Gasteiger partial charge in [0.2, 0.25) is 0 Å². The number of halogens is 4. The summed E-state index contributed by atoms with van der Waals surface area (Å²) in [6.45, 7) is 0. The van der Waals surface area contributed by atoms with Crippen molar-refractivity contribution in [1.29, 1.82) is 0 Å². The van der Waals surface area contributed by atoms with Gasteiger partial charge in [-0.25, -0.2) is 0 Å². The van der Waals surface area contributed by atoms with Crippen molar-refractivity contribution < 1.29 is 17.9 Å². The fourth-order valence-electron chi connectivity index (χ4n) is 1.77. The standard InChI is InChI=1S/C14H11ClF3NO/c15-11-3-1-2-10(8-11)13(19)9-4-6-12(7-5-9)20-14(16,17)18/h1-8,13H,19H2/t13-/m1/s1. The van der Waals surface area contributed by atoms with Crippen molar-refractivity contribution in [2.75, 3.05) is 0 Å². The Kier molecular flexibility index (Phi) is 4.20. The molecule has 0 saturated carbocycles. The Hall–Kier alpha value is -1.72. The highest BCUT2D eigenvalue weighted by atomic mass is 35.5. The number of nitrogens with two attached hydrogens (primary N) is 1. The lowest BCUT2D eigenvalue weighted by molar-refractivity contribution is -0.274. The normalized spacial score (nSPS) is 13.1. The number of hydrogen-bond acceptors (Lipinski definition) is 2. The SMILES string of the molecule is N[C@H](c1ccc(OC(F)(F)F)cc1)c1cccc(Cl)c1. The molecule has 0 aromatic heterocycles. The van der Waals surface area contributed by atoms with Gasteiger partial charge in [0.05, 0.1) is 6.04 Å². The highest BCUT2D eigenvalue weighted by Crippen LogP contribution is 2.26. The fourth-order valence-corrected chi connectivity index (χ4v) is 1.97. The van der Waals surface area contributed by atoms with Gasteiger partial charge in [-0.3, -0.25) is 0 Å². The van der Waals surface area contributed by atoms with Gasteiger partial charge in [0.25, 0.3) is 0 Å². The van der Waals surface area contributed by atoms with Gasteiger partial charge in [-0.1, -0.05) is 35.9 Å². The number of alkyl halides is 3. The van der Waals surface area contributed by atoms with E-state index in [-0.39, 0.29) is 5.75 Å². The van der Waals surface area contributed by atoms with Crippen molar-refractivity contribution in [3.8, 4) is 5.75 Å². The summed E-state index contributed by atoms with van der Waals surface area (Å²) in [4.78, 5) is 0. The molecule has 0 amide bonds. The summed E-state index contributed by atoms with van der Waals surface area (Å²) >= 11 is 5.87. The first kappa shape index (κ1) is 14.7. The first-order chi connectivity index (χ1) is 9.35. The van der Waals surface area contributed by atoms with Crippen LogP contribution in [0.3, 0.4) is 0 Å². The van der Waals surface area contributed by atoms with Crippen LogP contribution < -0.4 is 10.5 Å². The molecule has 2 aromatic carbocycles. The molecule has 0 aliphatic heterocycles. The molecular formula is C14H11ClF3NO. The first-order valence-electron chi connectivity index (χ1n) is 5.72. The van der Waals surface area contributed by atoms with E-state index >= 15 is 0 Å². The highest BCUT2D eigenvalue weighted by Gasteiger charge is 2.31. The zero-order chi connectivity index (χ0) is 14.8. The van der Waals surface area contributed by atoms with Crippen LogP contribution in [0.15, 0.2) is 48.5 Å². The predicted octanol–water partition coefficient (Wildman–Crippen LogP) is 4.29. The van der Waals surface area contributed by atoms with E-state index in [1.807, 2.05) is 0 Å². The van der Waals surface area contributed by atoms with Gasteiger partial charge in [0.15, 0.2) is 0 Å². The number of ether oxygens (including phenoxy) is 1. The third kappa shape index (κ3) is 3.88. The van der Waals surface area contributed by atoms with Gasteiger partial charge in [0.1, 0.15) is 5.75 Å². The van der Waals surface area contributed by atoms with E-state index in [2.05, 4.69) is 4.74 Å². The minimum Gasteiger partial charge on any atom is -0.406 e. The van der Waals surface area contributed by atoms with Gasteiger partial charge in [0, 0.05) is 5.02 Å². The molecule has 0 heterocycles. The second-order valence-corrected chi connectivity index (χ2v) is 4.59. The van der Waals surface area contributed by atoms with Crippen LogP contribution in [0, 0.1) is 0 Å². The predicted molar refractivity (Wildman–Crippen MR) is 70.6 cm³/mol. The molecule has 0 unspecified atom stereocenters. The van der Waals surface area contributed by atoms with Gasteiger partial charge in [-0.2, -0.15) is 0 Å². The Morgan fingerprint density at radius 2 is 1.65 bits per heavy atom. The zero-order valence-electron chi connectivity index (χ0n) is 10.2. The molecule has 2 N–H and O–H groups in total. The molecule has 0 bridgehead atoms. The summed E-state index contributed by atoms with van der Waals surface area (Å²) in [6, 6.07) is 12.0. The summed E-state index contributed by atoms with van der Waals surface area (Å²) in [7, 11) is 0. The van der Waals surface area contributed by atoms with Crippen LogP contribution in [0.1, 0.15) is 17.2 Å². The maximum atomic E-state index is 12.0. The number of benzene rings is 2. The molecule has 0 aliphatic rings. The molecule has 0 fully saturated rings. The van der Waals surface area contributed by atoms with Gasteiger partial charge in [-0.15, -0.1) is 13.2 Å². The smallest absolute Gasteiger partial charge is 0.406 e. The average molecular weight is 302 g/mol. The van der Waals surface area contributed by atoms with E-state index < -0.39 is 12.4 Å². The van der Waals surface area contributed by atoms with E-state index in [9.17, 15) is 13.2 Å². The lowest BCUT2D eigenvalue weighted by Gasteiger charge is -2.14. The van der Waals surface area contributed by atoms with Crippen molar-refractivity contribution >= 4 is 11.6 Å². The summed E-state index contributed by atoms with van der Waals surface area (Å²) in [5.74, 6) is -0.278. The van der Waals surface area contributed by atoms with Crippen LogP contribution in [0.4, 0.5) is 13.2 Å². The second kappa shape index (κ2) is 5.73. The molecule has 0 aliphatic carbocycles. The molecule has 1 atom stereocenters. The molecule has 2 aromatic rings. The second-order valence-electron chi connectivity index (χ2n) is 4.15. The maximum absolute atomic E-state index is 12.0. The first-order valence-corrected chi connectivity index (χ1v) is 6.10. The van der Waals surface area contributed by atoms with Crippen LogP contribution >= 0.6 is 11.6 Å². The van der Waals surface area contributed by atoms with Crippen molar-refractivity contribution in [1.82, 2.24) is 0 Å². The minimum absolute atomic E-state index is 0.278. The monoisotopic (exact) mass is 301 g/mol. The van der Waals surface area contributed by atoms with Crippen LogP contribution in [0.2, 0.25) is 5.02 Å². The molecule has 2 nitrogen and oxygen atoms in total. The van der Waals surface area contributed by atoms with Crippen molar-refractivity contribution in [3.05, 3.63) is 64.7 Å². The minimum atomic E-state index is -4.70. The summed E-state index contributed by atoms with van der Waals surface area (Å²) in [5, 5.41) is 0.551. The number of hydrogen-bond donors (Lipinski definition) is 1. The Morgan fingerprint density at radius 1 is 1.00 bits per heavy atom. The van der Waals surface area contributed by atoms with E-state index in [0.29, 0.717) is 10.6 Å². The van der Waals surface area contributed by atoms with E-state index in [0.717, 1.165) is 5.56 Å². The van der Waals surface area contributed by atoms with Crippen molar-refractivity contribution in [2.24, 2.45) is 5.73 Å². The summed E-state index contributed by atoms with van der Waals surface area (Å²) in [5.41, 5.74) is 7.49. The summed E-state index contributed by atoms with van der Waals surface area (Å²) < 4.78 is 39.9. The molecule has 0 spiro atoms. The summed E-state index contributed by atoms with van der Waals surface area (Å²) in [6.07, 6.45) is -4.70. The average Bonchev–Trinajstić information content (AvgIpc) is 2.37. The fraction of sp³-hybridized carbons (Fsp3) is 0.143. The third-order valence-electron chi connectivity index (χ3n) is 2.68. The lowest BCUT2D eigenvalue weighted by Crippen LogP contribution is -2.17. The van der Waals surface area contributed by atoms with Crippen LogP contribution in [0.25, 0.3) is 0 Å². The molecule has 0 saturated heterocycles. The van der Waals surface area contributed by atoms with Crippen LogP contribution in [-0.4, -0.2) is 6.36 Å². The van der Waals surface area contributed by atoms with E-state index in [1.165, 1.54) is 24.3 Å².